The minimum atomic E-state index is -0.461. The number of hydrogen-bond acceptors (Lipinski definition) is 2. The Morgan fingerprint density at radius 1 is 1.26 bits per heavy atom. The summed E-state index contributed by atoms with van der Waals surface area (Å²) >= 11 is 0. The van der Waals surface area contributed by atoms with E-state index in [1.165, 1.54) is 0 Å². The Morgan fingerprint density at radius 3 is 2.37 bits per heavy atom. The van der Waals surface area contributed by atoms with Crippen molar-refractivity contribution in [1.29, 1.82) is 0 Å². The van der Waals surface area contributed by atoms with Gasteiger partial charge >= 0.3 is 0 Å². The number of anilines is 1. The summed E-state index contributed by atoms with van der Waals surface area (Å²) in [7, 11) is 1.83. The highest BCUT2D eigenvalue weighted by Gasteiger charge is 2.42. The van der Waals surface area contributed by atoms with Gasteiger partial charge in [-0.2, -0.15) is 0 Å². The van der Waals surface area contributed by atoms with Gasteiger partial charge in [-0.05, 0) is 36.5 Å². The summed E-state index contributed by atoms with van der Waals surface area (Å²) in [5, 5.41) is 0. The van der Waals surface area contributed by atoms with Gasteiger partial charge in [0.15, 0.2) is 0 Å². The van der Waals surface area contributed by atoms with Crippen LogP contribution in [0.4, 0.5) is 5.69 Å². The predicted molar refractivity (Wildman–Crippen MR) is 79.3 cm³/mol. The van der Waals surface area contributed by atoms with Crippen molar-refractivity contribution < 1.29 is 4.79 Å². The molecule has 1 unspecified atom stereocenters. The molecule has 2 rings (SSSR count). The van der Waals surface area contributed by atoms with Gasteiger partial charge in [-0.15, -0.1) is 0 Å². The number of carbonyl (C=O) groups is 1. The Kier molecular flexibility index (Phi) is 3.01. The van der Waals surface area contributed by atoms with Gasteiger partial charge in [0.1, 0.15) is 0 Å². The number of hydrogen-bond donors (Lipinski definition) is 1. The van der Waals surface area contributed by atoms with E-state index in [9.17, 15) is 4.79 Å². The van der Waals surface area contributed by atoms with Crippen molar-refractivity contribution >= 4 is 11.6 Å². The molecule has 1 aliphatic rings. The van der Waals surface area contributed by atoms with E-state index < -0.39 is 5.41 Å². The molecule has 0 radical (unpaired) electrons. The maximum Gasteiger partial charge on any atom is 0.236 e. The van der Waals surface area contributed by atoms with E-state index in [1.807, 2.05) is 33.0 Å². The van der Waals surface area contributed by atoms with E-state index >= 15 is 0 Å². The standard InChI is InChI=1S/C16H24N2O/c1-15(2,3)13(17)10-7-8-12-11(9-10)16(4,5)14(19)18(12)6/h7-9,13H,17H2,1-6H3. The molecule has 0 saturated carbocycles. The highest BCUT2D eigenvalue weighted by molar-refractivity contribution is 6.07. The molecular weight excluding hydrogens is 236 g/mol. The average molecular weight is 260 g/mol. The van der Waals surface area contributed by atoms with Crippen LogP contribution in [0.1, 0.15) is 51.8 Å². The van der Waals surface area contributed by atoms with Crippen molar-refractivity contribution in [3.8, 4) is 0 Å². The summed E-state index contributed by atoms with van der Waals surface area (Å²) in [5.74, 6) is 0.143. The van der Waals surface area contributed by atoms with E-state index in [1.54, 1.807) is 4.90 Å². The number of carbonyl (C=O) groups excluding carboxylic acids is 1. The van der Waals surface area contributed by atoms with E-state index in [2.05, 4.69) is 26.8 Å². The molecule has 19 heavy (non-hydrogen) atoms. The quantitative estimate of drug-likeness (QED) is 0.843. The van der Waals surface area contributed by atoms with Crippen LogP contribution in [0.3, 0.4) is 0 Å². The van der Waals surface area contributed by atoms with Crippen molar-refractivity contribution in [2.45, 2.75) is 46.1 Å². The SMILES string of the molecule is CN1C(=O)C(C)(C)c2cc(C(N)C(C)(C)C)ccc21. The molecule has 1 amide bonds. The number of fused-ring (bicyclic) bond motifs is 1. The van der Waals surface area contributed by atoms with Crippen LogP contribution < -0.4 is 10.6 Å². The number of amides is 1. The van der Waals surface area contributed by atoms with E-state index in [4.69, 9.17) is 5.73 Å². The second-order valence-electron chi connectivity index (χ2n) is 7.11. The molecule has 3 nitrogen and oxygen atoms in total. The Hall–Kier alpha value is -1.35. The van der Waals surface area contributed by atoms with Crippen LogP contribution >= 0.6 is 0 Å². The summed E-state index contributed by atoms with van der Waals surface area (Å²) in [6.07, 6.45) is 0. The highest BCUT2D eigenvalue weighted by Crippen LogP contribution is 2.43. The van der Waals surface area contributed by atoms with Crippen LogP contribution in [0.2, 0.25) is 0 Å². The molecule has 1 atom stereocenters. The van der Waals surface area contributed by atoms with Crippen LogP contribution in [0.25, 0.3) is 0 Å². The summed E-state index contributed by atoms with van der Waals surface area (Å²) < 4.78 is 0. The monoisotopic (exact) mass is 260 g/mol. The zero-order chi connectivity index (χ0) is 14.6. The molecule has 0 saturated heterocycles. The first-order chi connectivity index (χ1) is 8.56. The number of nitrogens with zero attached hydrogens (tertiary/aromatic N) is 1. The maximum atomic E-state index is 12.3. The molecule has 0 spiro atoms. The van der Waals surface area contributed by atoms with Gasteiger partial charge in [0, 0.05) is 18.8 Å². The number of benzene rings is 1. The molecule has 3 heteroatoms. The number of nitrogens with two attached hydrogens (primary N) is 1. The van der Waals surface area contributed by atoms with Crippen molar-refractivity contribution in [1.82, 2.24) is 0 Å². The molecule has 0 bridgehead atoms. The lowest BCUT2D eigenvalue weighted by molar-refractivity contribution is -0.121. The van der Waals surface area contributed by atoms with Crippen LogP contribution in [-0.4, -0.2) is 13.0 Å². The fourth-order valence-electron chi connectivity index (χ4n) is 2.68. The topological polar surface area (TPSA) is 46.3 Å². The van der Waals surface area contributed by atoms with Crippen molar-refractivity contribution in [2.24, 2.45) is 11.1 Å². The zero-order valence-electron chi connectivity index (χ0n) is 12.7. The average Bonchev–Trinajstić information content (AvgIpc) is 2.49. The smallest absolute Gasteiger partial charge is 0.236 e. The lowest BCUT2D eigenvalue weighted by Gasteiger charge is -2.28. The van der Waals surface area contributed by atoms with Crippen molar-refractivity contribution in [3.63, 3.8) is 0 Å². The lowest BCUT2D eigenvalue weighted by atomic mass is 9.80. The second-order valence-corrected chi connectivity index (χ2v) is 7.11. The van der Waals surface area contributed by atoms with Gasteiger partial charge in [-0.3, -0.25) is 4.79 Å². The van der Waals surface area contributed by atoms with Crippen molar-refractivity contribution in [3.05, 3.63) is 29.3 Å². The third-order valence-electron chi connectivity index (χ3n) is 4.19. The van der Waals surface area contributed by atoms with Crippen LogP contribution in [-0.2, 0) is 10.2 Å². The van der Waals surface area contributed by atoms with Gasteiger partial charge in [-0.1, -0.05) is 32.9 Å². The Balaban J connectivity index is 2.52. The summed E-state index contributed by atoms with van der Waals surface area (Å²) in [6.45, 7) is 10.3. The molecule has 0 fully saturated rings. The van der Waals surface area contributed by atoms with Crippen LogP contribution in [0, 0.1) is 5.41 Å². The van der Waals surface area contributed by atoms with Gasteiger partial charge in [0.2, 0.25) is 5.91 Å². The largest absolute Gasteiger partial charge is 0.324 e. The fraction of sp³-hybridized carbons (Fsp3) is 0.562. The number of rotatable bonds is 1. The molecule has 2 N–H and O–H groups in total. The third-order valence-corrected chi connectivity index (χ3v) is 4.19. The lowest BCUT2D eigenvalue weighted by Crippen LogP contribution is -2.33. The van der Waals surface area contributed by atoms with Crippen LogP contribution in [0.15, 0.2) is 18.2 Å². The number of likely N-dealkylation sites (N-methyl/N-ethyl adjacent to an activating group) is 1. The Labute approximate surface area is 115 Å². The molecule has 0 aromatic heterocycles. The summed E-state index contributed by atoms with van der Waals surface area (Å²) in [5.41, 5.74) is 9.05. The predicted octanol–water partition coefficient (Wildman–Crippen LogP) is 2.99. The first-order valence-corrected chi connectivity index (χ1v) is 6.75. The molecule has 1 aromatic rings. The summed E-state index contributed by atoms with van der Waals surface area (Å²) in [6, 6.07) is 6.13. The summed E-state index contributed by atoms with van der Waals surface area (Å²) in [4.78, 5) is 14.0. The third kappa shape index (κ3) is 2.06. The van der Waals surface area contributed by atoms with Gasteiger partial charge in [0.25, 0.3) is 0 Å². The van der Waals surface area contributed by atoms with Crippen LogP contribution in [0.5, 0.6) is 0 Å². The minimum absolute atomic E-state index is 0.00684. The zero-order valence-corrected chi connectivity index (χ0v) is 12.7. The van der Waals surface area contributed by atoms with E-state index in [-0.39, 0.29) is 17.4 Å². The van der Waals surface area contributed by atoms with Gasteiger partial charge in [-0.25, -0.2) is 0 Å². The second kappa shape index (κ2) is 4.07. The Bertz CT molecular complexity index is 526. The fourth-order valence-corrected chi connectivity index (χ4v) is 2.68. The molecule has 104 valence electrons. The van der Waals surface area contributed by atoms with Crippen molar-refractivity contribution in [2.75, 3.05) is 11.9 Å². The first-order valence-electron chi connectivity index (χ1n) is 6.75. The maximum absolute atomic E-state index is 12.3. The van der Waals surface area contributed by atoms with Gasteiger partial charge < -0.3 is 10.6 Å². The van der Waals surface area contributed by atoms with E-state index in [0.29, 0.717) is 0 Å². The molecule has 1 aromatic carbocycles. The molecule has 0 aliphatic carbocycles. The normalized spacial score (nSPS) is 19.5. The highest BCUT2D eigenvalue weighted by atomic mass is 16.2. The molecular formula is C16H24N2O. The van der Waals surface area contributed by atoms with Gasteiger partial charge in [0.05, 0.1) is 5.41 Å². The molecule has 1 aliphatic heterocycles. The Morgan fingerprint density at radius 2 is 1.84 bits per heavy atom. The minimum Gasteiger partial charge on any atom is -0.324 e. The molecule has 1 heterocycles. The first kappa shape index (κ1) is 14.1. The van der Waals surface area contributed by atoms with E-state index in [0.717, 1.165) is 16.8 Å².